The topological polar surface area (TPSA) is 61.6 Å². The third-order valence-electron chi connectivity index (χ3n) is 5.80. The van der Waals surface area contributed by atoms with E-state index in [9.17, 15) is 4.79 Å². The van der Waals surface area contributed by atoms with Crippen LogP contribution in [0.15, 0.2) is 72.8 Å². The molecule has 1 aliphatic rings. The number of nitrogens with two attached hydrogens (primary N) is 1. The number of carbonyl (C=O) groups excluding carboxylic acids is 1. The minimum Gasteiger partial charge on any atom is -0.397 e. The first-order chi connectivity index (χ1) is 14.5. The summed E-state index contributed by atoms with van der Waals surface area (Å²) in [6, 6.07) is 24.1. The number of hydrogen-bond donors (Lipinski definition) is 2. The molecule has 5 nitrogen and oxygen atoms in total. The molecule has 0 saturated carbocycles. The number of benzene rings is 3. The molecule has 154 valence electrons. The lowest BCUT2D eigenvalue weighted by molar-refractivity contribution is 0.102. The van der Waals surface area contributed by atoms with Gasteiger partial charge >= 0.3 is 0 Å². The van der Waals surface area contributed by atoms with Crippen LogP contribution >= 0.6 is 0 Å². The summed E-state index contributed by atoms with van der Waals surface area (Å²) in [5.41, 5.74) is 11.2. The second kappa shape index (κ2) is 8.59. The van der Waals surface area contributed by atoms with Gasteiger partial charge in [-0.3, -0.25) is 4.79 Å². The van der Waals surface area contributed by atoms with Crippen LogP contribution in [0.25, 0.3) is 11.1 Å². The highest BCUT2D eigenvalue weighted by Gasteiger charge is 2.24. The number of amides is 1. The van der Waals surface area contributed by atoms with E-state index in [4.69, 9.17) is 5.73 Å². The summed E-state index contributed by atoms with van der Waals surface area (Å²) >= 11 is 0. The Morgan fingerprint density at radius 3 is 2.40 bits per heavy atom. The minimum atomic E-state index is -0.161. The summed E-state index contributed by atoms with van der Waals surface area (Å²) in [4.78, 5) is 17.4. The van der Waals surface area contributed by atoms with Crippen LogP contribution in [0.1, 0.15) is 16.8 Å². The highest BCUT2D eigenvalue weighted by Crippen LogP contribution is 2.28. The molecule has 0 unspecified atom stereocenters. The van der Waals surface area contributed by atoms with Gasteiger partial charge in [-0.25, -0.2) is 0 Å². The van der Waals surface area contributed by atoms with Crippen LogP contribution in [0.4, 0.5) is 17.1 Å². The summed E-state index contributed by atoms with van der Waals surface area (Å²) in [5.74, 6) is -0.161. The lowest BCUT2D eigenvalue weighted by Crippen LogP contribution is -2.31. The molecule has 1 aliphatic heterocycles. The van der Waals surface area contributed by atoms with Gasteiger partial charge in [-0.15, -0.1) is 0 Å². The van der Waals surface area contributed by atoms with Gasteiger partial charge in [-0.2, -0.15) is 0 Å². The standard InChI is InChI=1S/C25H28N4O/c1-28(2)22-14-15-29(17-22)21-11-8-19(9-12-21)25(30)27-24-16-20(10-13-23(24)26)18-6-4-3-5-7-18/h3-13,16,22H,14-15,17,26H2,1-2H3,(H,27,30)/t22-/m0/s1. The SMILES string of the molecule is CN(C)[C@H]1CCN(c2ccc(C(=O)Nc3cc(-c4ccccc4)ccc3N)cc2)C1. The van der Waals surface area contributed by atoms with Crippen LogP contribution < -0.4 is 16.0 Å². The molecule has 0 aliphatic carbocycles. The molecule has 0 aromatic heterocycles. The molecule has 3 aromatic carbocycles. The van der Waals surface area contributed by atoms with E-state index < -0.39 is 0 Å². The van der Waals surface area contributed by atoms with Gasteiger partial charge in [0.1, 0.15) is 0 Å². The number of nitrogens with zero attached hydrogens (tertiary/aromatic N) is 2. The third kappa shape index (κ3) is 4.31. The Morgan fingerprint density at radius 1 is 1.00 bits per heavy atom. The van der Waals surface area contributed by atoms with E-state index in [0.717, 1.165) is 36.3 Å². The molecule has 30 heavy (non-hydrogen) atoms. The molecular formula is C25H28N4O. The maximum atomic E-state index is 12.8. The Hall–Kier alpha value is -3.31. The second-order valence-electron chi connectivity index (χ2n) is 8.02. The van der Waals surface area contributed by atoms with Gasteiger partial charge in [-0.05, 0) is 68.0 Å². The molecule has 0 spiro atoms. The van der Waals surface area contributed by atoms with Crippen LogP contribution in [0, 0.1) is 0 Å². The lowest BCUT2D eigenvalue weighted by atomic mass is 10.0. The Morgan fingerprint density at radius 2 is 1.73 bits per heavy atom. The van der Waals surface area contributed by atoms with Crippen LogP contribution in [0.2, 0.25) is 0 Å². The van der Waals surface area contributed by atoms with Gasteiger partial charge < -0.3 is 20.9 Å². The first-order valence-corrected chi connectivity index (χ1v) is 10.3. The van der Waals surface area contributed by atoms with E-state index in [1.807, 2.05) is 72.8 Å². The van der Waals surface area contributed by atoms with Crippen molar-refractivity contribution in [3.8, 4) is 11.1 Å². The Labute approximate surface area is 178 Å². The number of nitrogens with one attached hydrogen (secondary N) is 1. The molecule has 3 aromatic rings. The molecule has 3 N–H and O–H groups in total. The number of carbonyl (C=O) groups is 1. The molecule has 1 atom stereocenters. The van der Waals surface area contributed by atoms with Gasteiger partial charge in [0, 0.05) is 30.4 Å². The average Bonchev–Trinajstić information content (AvgIpc) is 3.27. The third-order valence-corrected chi connectivity index (χ3v) is 5.80. The predicted molar refractivity (Wildman–Crippen MR) is 125 cm³/mol. The number of rotatable bonds is 5. The molecule has 1 heterocycles. The fourth-order valence-corrected chi connectivity index (χ4v) is 3.89. The van der Waals surface area contributed by atoms with Crippen LogP contribution in [0.5, 0.6) is 0 Å². The van der Waals surface area contributed by atoms with Gasteiger partial charge in [-0.1, -0.05) is 36.4 Å². The van der Waals surface area contributed by atoms with Crippen molar-refractivity contribution in [3.63, 3.8) is 0 Å². The van der Waals surface area contributed by atoms with Crippen LogP contribution in [-0.2, 0) is 0 Å². The first kappa shape index (κ1) is 20.0. The normalized spacial score (nSPS) is 16.1. The number of hydrogen-bond acceptors (Lipinski definition) is 4. The summed E-state index contributed by atoms with van der Waals surface area (Å²) in [6.07, 6.45) is 1.16. The van der Waals surface area contributed by atoms with Crippen molar-refractivity contribution in [2.75, 3.05) is 43.1 Å². The molecule has 4 rings (SSSR count). The average molecular weight is 401 g/mol. The van der Waals surface area contributed by atoms with Gasteiger partial charge in [0.2, 0.25) is 0 Å². The van der Waals surface area contributed by atoms with Crippen molar-refractivity contribution in [2.24, 2.45) is 0 Å². The van der Waals surface area contributed by atoms with Crippen molar-refractivity contribution in [1.29, 1.82) is 0 Å². The molecule has 1 amide bonds. The van der Waals surface area contributed by atoms with Crippen molar-refractivity contribution < 1.29 is 4.79 Å². The highest BCUT2D eigenvalue weighted by atomic mass is 16.1. The number of likely N-dealkylation sites (N-methyl/N-ethyl adjacent to an activating group) is 1. The second-order valence-corrected chi connectivity index (χ2v) is 8.02. The first-order valence-electron chi connectivity index (χ1n) is 10.3. The quantitative estimate of drug-likeness (QED) is 0.626. The van der Waals surface area contributed by atoms with E-state index in [1.54, 1.807) is 0 Å². The maximum absolute atomic E-state index is 12.8. The Bertz CT molecular complexity index is 1020. The molecular weight excluding hydrogens is 372 g/mol. The fourth-order valence-electron chi connectivity index (χ4n) is 3.89. The molecule has 1 fully saturated rings. The summed E-state index contributed by atoms with van der Waals surface area (Å²) in [7, 11) is 4.25. The molecule has 1 saturated heterocycles. The number of nitrogen functional groups attached to an aromatic ring is 1. The zero-order valence-corrected chi connectivity index (χ0v) is 17.5. The van der Waals surface area contributed by atoms with Gasteiger partial charge in [0.05, 0.1) is 11.4 Å². The van der Waals surface area contributed by atoms with Crippen molar-refractivity contribution in [3.05, 3.63) is 78.4 Å². The fraction of sp³-hybridized carbons (Fsp3) is 0.240. The van der Waals surface area contributed by atoms with E-state index in [0.29, 0.717) is 23.0 Å². The van der Waals surface area contributed by atoms with E-state index in [2.05, 4.69) is 29.2 Å². The van der Waals surface area contributed by atoms with Gasteiger partial charge in [0.15, 0.2) is 0 Å². The molecule has 5 heteroatoms. The van der Waals surface area contributed by atoms with Crippen LogP contribution in [-0.4, -0.2) is 44.0 Å². The largest absolute Gasteiger partial charge is 0.397 e. The maximum Gasteiger partial charge on any atom is 0.255 e. The van der Waals surface area contributed by atoms with Crippen molar-refractivity contribution in [1.82, 2.24) is 4.90 Å². The molecule has 0 radical (unpaired) electrons. The Kier molecular flexibility index (Phi) is 5.72. The monoisotopic (exact) mass is 400 g/mol. The lowest BCUT2D eigenvalue weighted by Gasteiger charge is -2.22. The van der Waals surface area contributed by atoms with E-state index in [1.165, 1.54) is 0 Å². The summed E-state index contributed by atoms with van der Waals surface area (Å²) in [6.45, 7) is 2.05. The van der Waals surface area contributed by atoms with Crippen molar-refractivity contribution in [2.45, 2.75) is 12.5 Å². The minimum absolute atomic E-state index is 0.161. The van der Waals surface area contributed by atoms with E-state index >= 15 is 0 Å². The van der Waals surface area contributed by atoms with Crippen LogP contribution in [0.3, 0.4) is 0 Å². The molecule has 0 bridgehead atoms. The smallest absolute Gasteiger partial charge is 0.255 e. The van der Waals surface area contributed by atoms with Crippen molar-refractivity contribution >= 4 is 23.0 Å². The summed E-state index contributed by atoms with van der Waals surface area (Å²) in [5, 5.41) is 2.96. The Balaban J connectivity index is 1.47. The van der Waals surface area contributed by atoms with Gasteiger partial charge in [0.25, 0.3) is 5.91 Å². The zero-order chi connectivity index (χ0) is 21.1. The highest BCUT2D eigenvalue weighted by molar-refractivity contribution is 6.06. The zero-order valence-electron chi connectivity index (χ0n) is 17.5. The number of anilines is 3. The predicted octanol–water partition coefficient (Wildman–Crippen LogP) is 4.33. The van der Waals surface area contributed by atoms with E-state index in [-0.39, 0.29) is 5.91 Å². The summed E-state index contributed by atoms with van der Waals surface area (Å²) < 4.78 is 0.